The molecule has 0 bridgehead atoms. The number of likely N-dealkylation sites (tertiary alicyclic amines) is 1. The first kappa shape index (κ1) is 20.0. The van der Waals surface area contributed by atoms with E-state index in [1.807, 2.05) is 42.5 Å². The van der Waals surface area contributed by atoms with Crippen LogP contribution in [0.2, 0.25) is 0 Å². The van der Waals surface area contributed by atoms with Gasteiger partial charge < -0.3 is 9.74 Å². The Balaban J connectivity index is 1.79. The van der Waals surface area contributed by atoms with Gasteiger partial charge in [0.25, 0.3) is 16.0 Å². The fourth-order valence-electron chi connectivity index (χ4n) is 3.16. The molecule has 1 aliphatic rings. The van der Waals surface area contributed by atoms with Crippen molar-refractivity contribution >= 4 is 21.7 Å². The lowest BCUT2D eigenvalue weighted by Crippen LogP contribution is -2.38. The molecule has 0 radical (unpaired) electrons. The lowest BCUT2D eigenvalue weighted by Gasteiger charge is -2.23. The molecule has 0 saturated carbocycles. The Bertz CT molecular complexity index is 956. The number of nitrogens with zero attached hydrogens (tertiary/aromatic N) is 2. The number of rotatable bonds is 6. The highest BCUT2D eigenvalue weighted by Gasteiger charge is 2.34. The van der Waals surface area contributed by atoms with E-state index in [4.69, 9.17) is 9.02 Å². The van der Waals surface area contributed by atoms with E-state index >= 15 is 0 Å². The van der Waals surface area contributed by atoms with E-state index in [-0.39, 0.29) is 19.1 Å². The van der Waals surface area contributed by atoms with Gasteiger partial charge in [-0.15, -0.1) is 0 Å². The Morgan fingerprint density at radius 3 is 2.36 bits per heavy atom. The number of oxime groups is 1. The van der Waals surface area contributed by atoms with Crippen LogP contribution in [0.15, 0.2) is 59.8 Å². The van der Waals surface area contributed by atoms with Crippen LogP contribution in [0.3, 0.4) is 0 Å². The maximum atomic E-state index is 13.0. The summed E-state index contributed by atoms with van der Waals surface area (Å²) in [4.78, 5) is 19.4. The molecular weight excluding hydrogens is 380 g/mol. The van der Waals surface area contributed by atoms with Gasteiger partial charge in [0.1, 0.15) is 7.11 Å². The zero-order valence-corrected chi connectivity index (χ0v) is 16.6. The standard InChI is InChI=1S/C20H22N2O5S/c1-26-21-18-12-19(14-27-28(2,24)25)22(13-18)20(23)17-10-8-16(9-11-17)15-6-4-3-5-7-15/h3-11,19H,12-14H2,1-2H3/t19-/m0/s1. The van der Waals surface area contributed by atoms with Crippen LogP contribution in [0.1, 0.15) is 16.8 Å². The van der Waals surface area contributed by atoms with Gasteiger partial charge in [0.15, 0.2) is 0 Å². The van der Waals surface area contributed by atoms with Crippen LogP contribution in [0.4, 0.5) is 0 Å². The summed E-state index contributed by atoms with van der Waals surface area (Å²) in [5, 5.41) is 3.92. The van der Waals surface area contributed by atoms with Crippen molar-refractivity contribution in [3.05, 3.63) is 60.2 Å². The van der Waals surface area contributed by atoms with E-state index in [1.54, 1.807) is 17.0 Å². The SMILES string of the molecule is CON=C1C[C@@H](COS(C)(=O)=O)N(C(=O)c2ccc(-c3ccccc3)cc2)C1. The maximum Gasteiger partial charge on any atom is 0.264 e. The molecule has 1 heterocycles. The summed E-state index contributed by atoms with van der Waals surface area (Å²) in [6, 6.07) is 16.8. The Morgan fingerprint density at radius 2 is 1.75 bits per heavy atom. The highest BCUT2D eigenvalue weighted by Crippen LogP contribution is 2.23. The summed E-state index contributed by atoms with van der Waals surface area (Å²) in [6.45, 7) is 0.153. The molecule has 2 aromatic rings. The van der Waals surface area contributed by atoms with Crippen molar-refractivity contribution in [1.82, 2.24) is 4.90 Å². The Hall–Kier alpha value is -2.71. The van der Waals surface area contributed by atoms with Crippen LogP contribution in [-0.2, 0) is 19.1 Å². The van der Waals surface area contributed by atoms with Gasteiger partial charge in [0.2, 0.25) is 0 Å². The second-order valence-corrected chi connectivity index (χ2v) is 8.21. The average molecular weight is 402 g/mol. The van der Waals surface area contributed by atoms with Crippen LogP contribution < -0.4 is 0 Å². The summed E-state index contributed by atoms with van der Waals surface area (Å²) in [7, 11) is -2.17. The van der Waals surface area contributed by atoms with Crippen molar-refractivity contribution in [2.45, 2.75) is 12.5 Å². The monoisotopic (exact) mass is 402 g/mol. The van der Waals surface area contributed by atoms with Crippen LogP contribution in [0.5, 0.6) is 0 Å². The smallest absolute Gasteiger partial charge is 0.264 e. The minimum Gasteiger partial charge on any atom is -0.399 e. The molecule has 1 atom stereocenters. The molecule has 1 saturated heterocycles. The molecule has 0 unspecified atom stereocenters. The molecule has 0 aromatic heterocycles. The van der Waals surface area contributed by atoms with Crippen LogP contribution in [0, 0.1) is 0 Å². The number of amides is 1. The van der Waals surface area contributed by atoms with E-state index in [0.29, 0.717) is 17.7 Å². The molecule has 1 aliphatic heterocycles. The third-order valence-electron chi connectivity index (χ3n) is 4.46. The predicted molar refractivity (Wildman–Crippen MR) is 107 cm³/mol. The minimum atomic E-state index is -3.60. The Kier molecular flexibility index (Phi) is 6.11. The molecule has 7 nitrogen and oxygen atoms in total. The van der Waals surface area contributed by atoms with Crippen molar-refractivity contribution in [2.24, 2.45) is 5.16 Å². The number of hydrogen-bond acceptors (Lipinski definition) is 6. The van der Waals surface area contributed by atoms with Gasteiger partial charge in [-0.2, -0.15) is 8.42 Å². The zero-order valence-electron chi connectivity index (χ0n) is 15.7. The second kappa shape index (κ2) is 8.53. The van der Waals surface area contributed by atoms with Gasteiger partial charge in [0.05, 0.1) is 31.2 Å². The first-order valence-electron chi connectivity index (χ1n) is 8.77. The predicted octanol–water partition coefficient (Wildman–Crippen LogP) is 2.55. The Labute approximate surface area is 164 Å². The van der Waals surface area contributed by atoms with E-state index in [1.165, 1.54) is 7.11 Å². The van der Waals surface area contributed by atoms with Gasteiger partial charge >= 0.3 is 0 Å². The quantitative estimate of drug-likeness (QED) is 0.548. The summed E-state index contributed by atoms with van der Waals surface area (Å²) in [6.07, 6.45) is 1.39. The first-order chi connectivity index (χ1) is 13.4. The van der Waals surface area contributed by atoms with Gasteiger partial charge in [0, 0.05) is 12.0 Å². The highest BCUT2D eigenvalue weighted by atomic mass is 32.2. The van der Waals surface area contributed by atoms with E-state index in [2.05, 4.69) is 5.16 Å². The molecule has 2 aromatic carbocycles. The highest BCUT2D eigenvalue weighted by molar-refractivity contribution is 7.85. The van der Waals surface area contributed by atoms with E-state index in [9.17, 15) is 13.2 Å². The second-order valence-electron chi connectivity index (χ2n) is 6.56. The molecule has 148 valence electrons. The Morgan fingerprint density at radius 1 is 1.11 bits per heavy atom. The summed E-state index contributed by atoms with van der Waals surface area (Å²) in [5.74, 6) is -0.206. The van der Waals surface area contributed by atoms with Crippen LogP contribution >= 0.6 is 0 Å². The topological polar surface area (TPSA) is 85.3 Å². The number of hydrogen-bond donors (Lipinski definition) is 0. The summed E-state index contributed by atoms with van der Waals surface area (Å²) >= 11 is 0. The molecule has 3 rings (SSSR count). The summed E-state index contributed by atoms with van der Waals surface area (Å²) in [5.41, 5.74) is 3.26. The van der Waals surface area contributed by atoms with Gasteiger partial charge in [-0.25, -0.2) is 0 Å². The van der Waals surface area contributed by atoms with Gasteiger partial charge in [-0.1, -0.05) is 47.6 Å². The van der Waals surface area contributed by atoms with E-state index < -0.39 is 16.2 Å². The van der Waals surface area contributed by atoms with Crippen molar-refractivity contribution in [1.29, 1.82) is 0 Å². The summed E-state index contributed by atoms with van der Waals surface area (Å²) < 4.78 is 27.6. The molecular formula is C20H22N2O5S. The molecule has 28 heavy (non-hydrogen) atoms. The van der Waals surface area contributed by atoms with E-state index in [0.717, 1.165) is 17.4 Å². The zero-order chi connectivity index (χ0) is 20.1. The molecule has 0 aliphatic carbocycles. The van der Waals surface area contributed by atoms with Crippen molar-refractivity contribution in [3.8, 4) is 11.1 Å². The van der Waals surface area contributed by atoms with Crippen molar-refractivity contribution < 1.29 is 22.2 Å². The molecule has 1 fully saturated rings. The fourth-order valence-corrected chi connectivity index (χ4v) is 3.56. The van der Waals surface area contributed by atoms with Crippen LogP contribution in [0.25, 0.3) is 11.1 Å². The maximum absolute atomic E-state index is 13.0. The van der Waals surface area contributed by atoms with Gasteiger partial charge in [-0.05, 0) is 23.3 Å². The largest absolute Gasteiger partial charge is 0.399 e. The van der Waals surface area contributed by atoms with Crippen LogP contribution in [-0.4, -0.2) is 57.5 Å². The van der Waals surface area contributed by atoms with Crippen molar-refractivity contribution in [2.75, 3.05) is 26.5 Å². The minimum absolute atomic E-state index is 0.116. The molecule has 0 N–H and O–H groups in total. The number of carbonyl (C=O) groups excluding carboxylic acids is 1. The molecule has 0 spiro atoms. The third kappa shape index (κ3) is 4.96. The fraction of sp³-hybridized carbons (Fsp3) is 0.300. The third-order valence-corrected chi connectivity index (χ3v) is 5.02. The van der Waals surface area contributed by atoms with Gasteiger partial charge in [-0.3, -0.25) is 8.98 Å². The number of carbonyl (C=O) groups is 1. The lowest BCUT2D eigenvalue weighted by atomic mass is 10.0. The lowest BCUT2D eigenvalue weighted by molar-refractivity contribution is 0.0697. The van der Waals surface area contributed by atoms with Crippen molar-refractivity contribution in [3.63, 3.8) is 0 Å². The number of benzene rings is 2. The molecule has 1 amide bonds. The molecule has 8 heteroatoms. The average Bonchev–Trinajstić information content (AvgIpc) is 3.09. The normalized spacial score (nSPS) is 18.4. The first-order valence-corrected chi connectivity index (χ1v) is 10.6.